The van der Waals surface area contributed by atoms with Crippen LogP contribution in [0.1, 0.15) is 42.1 Å². The number of alkyl halides is 3. The molecule has 6 heteroatoms. The lowest BCUT2D eigenvalue weighted by atomic mass is 10.1. The molecule has 0 aliphatic rings. The van der Waals surface area contributed by atoms with E-state index >= 15 is 0 Å². The Morgan fingerprint density at radius 3 is 2.52 bits per heavy atom. The Morgan fingerprint density at radius 1 is 1.33 bits per heavy atom. The van der Waals surface area contributed by atoms with Crippen molar-refractivity contribution in [2.75, 3.05) is 12.4 Å². The molecule has 1 aromatic carbocycles. The third kappa shape index (κ3) is 6.06. The highest BCUT2D eigenvalue weighted by atomic mass is 19.4. The number of anilines is 1. The summed E-state index contributed by atoms with van der Waals surface area (Å²) in [6.45, 7) is 3.71. The highest BCUT2D eigenvalue weighted by Gasteiger charge is 2.26. The molecule has 0 aromatic heterocycles. The van der Waals surface area contributed by atoms with E-state index in [0.717, 1.165) is 11.3 Å². The van der Waals surface area contributed by atoms with Gasteiger partial charge < -0.3 is 10.6 Å². The third-order valence-electron chi connectivity index (χ3n) is 3.21. The van der Waals surface area contributed by atoms with Crippen LogP contribution >= 0.6 is 0 Å². The molecule has 2 N–H and O–H groups in total. The predicted octanol–water partition coefficient (Wildman–Crippen LogP) is 3.89. The van der Waals surface area contributed by atoms with E-state index in [1.807, 2.05) is 13.8 Å². The van der Waals surface area contributed by atoms with Crippen LogP contribution in [0.5, 0.6) is 0 Å². The lowest BCUT2D eigenvalue weighted by molar-refractivity contribution is -0.135. The Hall–Kier alpha value is -1.72. The predicted molar refractivity (Wildman–Crippen MR) is 77.6 cm³/mol. The molecule has 0 saturated carbocycles. The SMILES string of the molecule is CNC(=O)c1ccc(NC(C)CCCC(F)(F)F)c(C)c1. The van der Waals surface area contributed by atoms with E-state index < -0.39 is 12.6 Å². The van der Waals surface area contributed by atoms with Crippen LogP contribution in [0.15, 0.2) is 18.2 Å². The van der Waals surface area contributed by atoms with Crippen LogP contribution in [0.3, 0.4) is 0 Å². The summed E-state index contributed by atoms with van der Waals surface area (Å²) >= 11 is 0. The summed E-state index contributed by atoms with van der Waals surface area (Å²) in [5.74, 6) is -0.164. The van der Waals surface area contributed by atoms with Crippen LogP contribution in [0.4, 0.5) is 18.9 Å². The van der Waals surface area contributed by atoms with Gasteiger partial charge in [-0.15, -0.1) is 0 Å². The van der Waals surface area contributed by atoms with E-state index in [9.17, 15) is 18.0 Å². The highest BCUT2D eigenvalue weighted by Crippen LogP contribution is 2.24. The van der Waals surface area contributed by atoms with Gasteiger partial charge in [0.2, 0.25) is 0 Å². The molecule has 0 heterocycles. The van der Waals surface area contributed by atoms with Crippen LogP contribution < -0.4 is 10.6 Å². The van der Waals surface area contributed by atoms with Gasteiger partial charge in [-0.05, 0) is 50.5 Å². The average Bonchev–Trinajstić information content (AvgIpc) is 2.38. The molecule has 21 heavy (non-hydrogen) atoms. The highest BCUT2D eigenvalue weighted by molar-refractivity contribution is 5.94. The normalized spacial score (nSPS) is 12.9. The molecular weight excluding hydrogens is 281 g/mol. The number of amides is 1. The van der Waals surface area contributed by atoms with E-state index in [0.29, 0.717) is 12.0 Å². The third-order valence-corrected chi connectivity index (χ3v) is 3.21. The lowest BCUT2D eigenvalue weighted by Crippen LogP contribution is -2.19. The molecule has 1 amide bonds. The first-order valence-corrected chi connectivity index (χ1v) is 6.89. The number of aryl methyl sites for hydroxylation is 1. The van der Waals surface area contributed by atoms with Gasteiger partial charge >= 0.3 is 6.18 Å². The second kappa shape index (κ2) is 7.33. The van der Waals surface area contributed by atoms with Crippen molar-refractivity contribution in [3.8, 4) is 0 Å². The molecule has 0 fully saturated rings. The topological polar surface area (TPSA) is 41.1 Å². The van der Waals surface area contributed by atoms with Gasteiger partial charge in [-0.1, -0.05) is 0 Å². The number of halogens is 3. The number of hydrogen-bond acceptors (Lipinski definition) is 2. The Morgan fingerprint density at radius 2 is 2.00 bits per heavy atom. The number of carbonyl (C=O) groups is 1. The molecule has 0 spiro atoms. The Bertz CT molecular complexity index is 486. The number of rotatable bonds is 6. The Kier molecular flexibility index (Phi) is 6.05. The molecule has 1 atom stereocenters. The van der Waals surface area contributed by atoms with Gasteiger partial charge in [0.25, 0.3) is 5.91 Å². The zero-order valence-corrected chi connectivity index (χ0v) is 12.5. The largest absolute Gasteiger partial charge is 0.389 e. The van der Waals surface area contributed by atoms with E-state index in [4.69, 9.17) is 0 Å². The maximum absolute atomic E-state index is 12.1. The fourth-order valence-electron chi connectivity index (χ4n) is 2.06. The summed E-state index contributed by atoms with van der Waals surface area (Å²) in [6, 6.07) is 5.16. The first-order chi connectivity index (χ1) is 9.73. The minimum absolute atomic E-state index is 0.0584. The van der Waals surface area contributed by atoms with Crippen molar-refractivity contribution in [3.63, 3.8) is 0 Å². The number of carbonyl (C=O) groups excluding carboxylic acids is 1. The molecule has 1 aromatic rings. The van der Waals surface area contributed by atoms with Crippen LogP contribution in [0.25, 0.3) is 0 Å². The maximum atomic E-state index is 12.1. The minimum Gasteiger partial charge on any atom is -0.382 e. The standard InChI is InChI=1S/C15H21F3N2O/c1-10-9-12(14(21)19-3)6-7-13(10)20-11(2)5-4-8-15(16,17)18/h6-7,9,11,20H,4-5,8H2,1-3H3,(H,19,21). The smallest absolute Gasteiger partial charge is 0.382 e. The summed E-state index contributed by atoms with van der Waals surface area (Å²) in [5.41, 5.74) is 2.28. The fourth-order valence-corrected chi connectivity index (χ4v) is 2.06. The van der Waals surface area contributed by atoms with Crippen molar-refractivity contribution >= 4 is 11.6 Å². The van der Waals surface area contributed by atoms with Crippen molar-refractivity contribution in [3.05, 3.63) is 29.3 Å². The Labute approximate surface area is 122 Å². The molecule has 1 rings (SSSR count). The van der Waals surface area contributed by atoms with Gasteiger partial charge in [0.1, 0.15) is 0 Å². The molecule has 0 saturated heterocycles. The second-order valence-corrected chi connectivity index (χ2v) is 5.16. The lowest BCUT2D eigenvalue weighted by Gasteiger charge is -2.18. The first kappa shape index (κ1) is 17.3. The summed E-state index contributed by atoms with van der Waals surface area (Å²) in [6.07, 6.45) is -4.30. The van der Waals surface area contributed by atoms with E-state index in [1.165, 1.54) is 0 Å². The second-order valence-electron chi connectivity index (χ2n) is 5.16. The molecule has 0 bridgehead atoms. The molecule has 0 aliphatic carbocycles. The van der Waals surface area contributed by atoms with Crippen LogP contribution in [0.2, 0.25) is 0 Å². The van der Waals surface area contributed by atoms with Crippen molar-refractivity contribution in [1.82, 2.24) is 5.32 Å². The monoisotopic (exact) mass is 302 g/mol. The van der Waals surface area contributed by atoms with Crippen LogP contribution in [-0.4, -0.2) is 25.2 Å². The summed E-state index contributed by atoms with van der Waals surface area (Å²) < 4.78 is 36.3. The van der Waals surface area contributed by atoms with Gasteiger partial charge in [-0.2, -0.15) is 13.2 Å². The van der Waals surface area contributed by atoms with E-state index in [-0.39, 0.29) is 18.4 Å². The zero-order chi connectivity index (χ0) is 16.0. The van der Waals surface area contributed by atoms with Crippen molar-refractivity contribution < 1.29 is 18.0 Å². The minimum atomic E-state index is -4.09. The van der Waals surface area contributed by atoms with E-state index in [2.05, 4.69) is 10.6 Å². The molecular formula is C15H21F3N2O. The van der Waals surface area contributed by atoms with Gasteiger partial charge in [0.15, 0.2) is 0 Å². The average molecular weight is 302 g/mol. The van der Waals surface area contributed by atoms with Gasteiger partial charge in [-0.25, -0.2) is 0 Å². The maximum Gasteiger partial charge on any atom is 0.389 e. The quantitative estimate of drug-likeness (QED) is 0.837. The first-order valence-electron chi connectivity index (χ1n) is 6.89. The van der Waals surface area contributed by atoms with Crippen molar-refractivity contribution in [2.24, 2.45) is 0 Å². The van der Waals surface area contributed by atoms with Crippen LogP contribution in [0, 0.1) is 6.92 Å². The van der Waals surface area contributed by atoms with Gasteiger partial charge in [-0.3, -0.25) is 4.79 Å². The number of hydrogen-bond donors (Lipinski definition) is 2. The summed E-state index contributed by atoms with van der Waals surface area (Å²) in [4.78, 5) is 11.5. The summed E-state index contributed by atoms with van der Waals surface area (Å²) in [5, 5.41) is 5.73. The van der Waals surface area contributed by atoms with Crippen molar-refractivity contribution in [1.29, 1.82) is 0 Å². The Balaban J connectivity index is 2.56. The van der Waals surface area contributed by atoms with Crippen molar-refractivity contribution in [2.45, 2.75) is 45.3 Å². The number of nitrogens with one attached hydrogen (secondary N) is 2. The van der Waals surface area contributed by atoms with Gasteiger partial charge in [0.05, 0.1) is 0 Å². The molecule has 3 nitrogen and oxygen atoms in total. The molecule has 1 unspecified atom stereocenters. The molecule has 0 radical (unpaired) electrons. The summed E-state index contributed by atoms with van der Waals surface area (Å²) in [7, 11) is 1.56. The van der Waals surface area contributed by atoms with E-state index in [1.54, 1.807) is 25.2 Å². The fraction of sp³-hybridized carbons (Fsp3) is 0.533. The zero-order valence-electron chi connectivity index (χ0n) is 12.5. The number of benzene rings is 1. The molecule has 0 aliphatic heterocycles. The molecule has 118 valence electrons. The van der Waals surface area contributed by atoms with Crippen LogP contribution in [-0.2, 0) is 0 Å². The van der Waals surface area contributed by atoms with Gasteiger partial charge in [0, 0.05) is 30.8 Å².